The topological polar surface area (TPSA) is 105 Å². The third-order valence-electron chi connectivity index (χ3n) is 5.07. The molecular weight excluding hydrogens is 430 g/mol. The van der Waals surface area contributed by atoms with E-state index in [9.17, 15) is 19.2 Å². The summed E-state index contributed by atoms with van der Waals surface area (Å²) in [4.78, 5) is 49.5. The Balaban J connectivity index is 1.44. The maximum Gasteiger partial charge on any atom is 0.325 e. The van der Waals surface area contributed by atoms with Crippen molar-refractivity contribution in [2.24, 2.45) is 0 Å². The Morgan fingerprint density at radius 3 is 2.68 bits per heavy atom. The molecule has 1 aromatic rings. The Hall–Kier alpha value is -2.42. The number of nitrogens with one attached hydrogen (secondary N) is 2. The fourth-order valence-corrected chi connectivity index (χ4v) is 4.05. The van der Waals surface area contributed by atoms with Crippen molar-refractivity contribution in [3.8, 4) is 0 Å². The highest BCUT2D eigenvalue weighted by atomic mass is 79.9. The highest BCUT2D eigenvalue weighted by molar-refractivity contribution is 9.10. The van der Waals surface area contributed by atoms with Gasteiger partial charge in [-0.3, -0.25) is 19.3 Å². The molecular formula is C19H22BrN3O5. The van der Waals surface area contributed by atoms with Gasteiger partial charge in [0.25, 0.3) is 11.8 Å². The molecule has 9 heteroatoms. The van der Waals surface area contributed by atoms with Gasteiger partial charge in [-0.1, -0.05) is 28.8 Å². The van der Waals surface area contributed by atoms with Crippen LogP contribution in [0.3, 0.4) is 0 Å². The quantitative estimate of drug-likeness (QED) is 0.510. The fraction of sp³-hybridized carbons (Fsp3) is 0.474. The van der Waals surface area contributed by atoms with Gasteiger partial charge >= 0.3 is 12.0 Å². The van der Waals surface area contributed by atoms with Gasteiger partial charge in [-0.15, -0.1) is 0 Å². The summed E-state index contributed by atoms with van der Waals surface area (Å²) in [6.45, 7) is 1.36. The first kappa shape index (κ1) is 20.3. The highest BCUT2D eigenvalue weighted by Crippen LogP contribution is 2.35. The molecule has 0 atom stereocenters. The number of halogens is 1. The van der Waals surface area contributed by atoms with Crippen LogP contribution in [0.4, 0.5) is 10.5 Å². The molecule has 2 fully saturated rings. The lowest BCUT2D eigenvalue weighted by molar-refractivity contribution is -0.147. The molecule has 1 aliphatic carbocycles. The number of aryl methyl sites for hydroxylation is 1. The van der Waals surface area contributed by atoms with Crippen LogP contribution < -0.4 is 10.6 Å². The van der Waals surface area contributed by atoms with Crippen LogP contribution in [0, 0.1) is 6.92 Å². The van der Waals surface area contributed by atoms with E-state index in [1.807, 2.05) is 13.0 Å². The second kappa shape index (κ2) is 8.30. The van der Waals surface area contributed by atoms with Crippen LogP contribution >= 0.6 is 15.9 Å². The van der Waals surface area contributed by atoms with Gasteiger partial charge in [0.15, 0.2) is 6.61 Å². The van der Waals surface area contributed by atoms with Gasteiger partial charge < -0.3 is 15.4 Å². The Morgan fingerprint density at radius 1 is 1.29 bits per heavy atom. The van der Waals surface area contributed by atoms with Crippen LogP contribution in [0.5, 0.6) is 0 Å². The summed E-state index contributed by atoms with van der Waals surface area (Å²) in [5.41, 5.74) is 0.711. The standard InChI is InChI=1S/C19H22BrN3O5/c1-12-10-13(20)4-5-14(12)21-15(24)11-28-16(25)6-9-23-17(26)19(22-18(23)27)7-2-3-8-19/h4-5,10H,2-3,6-9,11H2,1H3,(H,21,24)(H,22,27). The number of urea groups is 1. The van der Waals surface area contributed by atoms with Gasteiger partial charge in [0.2, 0.25) is 0 Å². The molecule has 28 heavy (non-hydrogen) atoms. The average Bonchev–Trinajstić information content (AvgIpc) is 3.20. The van der Waals surface area contributed by atoms with E-state index in [0.717, 1.165) is 27.8 Å². The zero-order valence-electron chi connectivity index (χ0n) is 15.5. The van der Waals surface area contributed by atoms with Crippen molar-refractivity contribution in [3.63, 3.8) is 0 Å². The maximum absolute atomic E-state index is 12.5. The molecule has 0 aromatic heterocycles. The van der Waals surface area contributed by atoms with Crippen molar-refractivity contribution in [1.82, 2.24) is 10.2 Å². The zero-order valence-corrected chi connectivity index (χ0v) is 17.1. The van der Waals surface area contributed by atoms with Crippen LogP contribution in [0.2, 0.25) is 0 Å². The summed E-state index contributed by atoms with van der Waals surface area (Å²) in [6, 6.07) is 4.93. The van der Waals surface area contributed by atoms with Crippen molar-refractivity contribution in [1.29, 1.82) is 0 Å². The molecule has 0 radical (unpaired) electrons. The highest BCUT2D eigenvalue weighted by Gasteiger charge is 2.52. The Bertz CT molecular complexity index is 820. The number of rotatable bonds is 6. The maximum atomic E-state index is 12.5. The summed E-state index contributed by atoms with van der Waals surface area (Å²) < 4.78 is 5.85. The molecule has 3 rings (SSSR count). The van der Waals surface area contributed by atoms with Gasteiger partial charge in [0, 0.05) is 16.7 Å². The predicted octanol–water partition coefficient (Wildman–Crippen LogP) is 2.49. The molecule has 150 valence electrons. The summed E-state index contributed by atoms with van der Waals surface area (Å²) >= 11 is 3.35. The van der Waals surface area contributed by atoms with E-state index in [2.05, 4.69) is 26.6 Å². The third-order valence-corrected chi connectivity index (χ3v) is 5.56. The molecule has 1 saturated carbocycles. The molecule has 1 saturated heterocycles. The van der Waals surface area contributed by atoms with Crippen molar-refractivity contribution < 1.29 is 23.9 Å². The number of hydrogen-bond donors (Lipinski definition) is 2. The largest absolute Gasteiger partial charge is 0.456 e. The molecule has 2 N–H and O–H groups in total. The number of carbonyl (C=O) groups excluding carboxylic acids is 4. The first-order valence-electron chi connectivity index (χ1n) is 9.16. The number of imide groups is 1. The minimum Gasteiger partial charge on any atom is -0.456 e. The first-order chi connectivity index (χ1) is 13.3. The van der Waals surface area contributed by atoms with E-state index < -0.39 is 30.1 Å². The van der Waals surface area contributed by atoms with Gasteiger partial charge in [-0.2, -0.15) is 0 Å². The minimum absolute atomic E-state index is 0.0569. The Morgan fingerprint density at radius 2 is 2.00 bits per heavy atom. The molecule has 0 bridgehead atoms. The van der Waals surface area contributed by atoms with Crippen LogP contribution in [0.15, 0.2) is 22.7 Å². The second-order valence-corrected chi connectivity index (χ2v) is 8.01. The van der Waals surface area contributed by atoms with Crippen molar-refractivity contribution in [2.45, 2.75) is 44.6 Å². The number of ether oxygens (including phenoxy) is 1. The normalized spacial score (nSPS) is 17.7. The van der Waals surface area contributed by atoms with Crippen LogP contribution in [-0.4, -0.2) is 47.4 Å². The van der Waals surface area contributed by atoms with E-state index in [-0.39, 0.29) is 18.9 Å². The van der Waals surface area contributed by atoms with E-state index in [1.54, 1.807) is 12.1 Å². The van der Waals surface area contributed by atoms with Gasteiger partial charge in [0.05, 0.1) is 6.42 Å². The van der Waals surface area contributed by atoms with E-state index >= 15 is 0 Å². The molecule has 0 unspecified atom stereocenters. The number of nitrogens with zero attached hydrogens (tertiary/aromatic N) is 1. The van der Waals surface area contributed by atoms with Crippen LogP contribution in [0.1, 0.15) is 37.7 Å². The monoisotopic (exact) mass is 451 g/mol. The third kappa shape index (κ3) is 4.35. The summed E-state index contributed by atoms with van der Waals surface area (Å²) in [5, 5.41) is 5.43. The number of benzene rings is 1. The molecule has 1 aromatic carbocycles. The number of carbonyl (C=O) groups is 4. The van der Waals surface area contributed by atoms with E-state index in [4.69, 9.17) is 4.74 Å². The minimum atomic E-state index is -0.788. The molecule has 1 heterocycles. The van der Waals surface area contributed by atoms with Crippen molar-refractivity contribution in [2.75, 3.05) is 18.5 Å². The van der Waals surface area contributed by atoms with Crippen molar-refractivity contribution >= 4 is 45.4 Å². The van der Waals surface area contributed by atoms with Gasteiger partial charge in [0.1, 0.15) is 5.54 Å². The number of esters is 1. The smallest absolute Gasteiger partial charge is 0.325 e. The van der Waals surface area contributed by atoms with Crippen LogP contribution in [0.25, 0.3) is 0 Å². The summed E-state index contributed by atoms with van der Waals surface area (Å²) in [6.07, 6.45) is 2.91. The average molecular weight is 452 g/mol. The summed E-state index contributed by atoms with van der Waals surface area (Å²) in [7, 11) is 0. The van der Waals surface area contributed by atoms with E-state index in [0.29, 0.717) is 18.5 Å². The van der Waals surface area contributed by atoms with Gasteiger partial charge in [-0.25, -0.2) is 4.79 Å². The molecule has 2 aliphatic rings. The van der Waals surface area contributed by atoms with Crippen LogP contribution in [-0.2, 0) is 19.1 Å². The number of hydrogen-bond acceptors (Lipinski definition) is 5. The fourth-order valence-electron chi connectivity index (χ4n) is 3.57. The van der Waals surface area contributed by atoms with Crippen molar-refractivity contribution in [3.05, 3.63) is 28.2 Å². The van der Waals surface area contributed by atoms with Gasteiger partial charge in [-0.05, 0) is 43.5 Å². The lowest BCUT2D eigenvalue weighted by Gasteiger charge is -2.19. The SMILES string of the molecule is Cc1cc(Br)ccc1NC(=O)COC(=O)CCN1C(=O)NC2(CCCC2)C1=O. The summed E-state index contributed by atoms with van der Waals surface area (Å²) in [5.74, 6) is -1.37. The Kier molecular flexibility index (Phi) is 6.02. The molecule has 8 nitrogen and oxygen atoms in total. The van der Waals surface area contributed by atoms with E-state index in [1.165, 1.54) is 0 Å². The Labute approximate surface area is 171 Å². The zero-order chi connectivity index (χ0) is 20.3. The predicted molar refractivity (Wildman–Crippen MR) is 105 cm³/mol. The molecule has 4 amide bonds. The lowest BCUT2D eigenvalue weighted by atomic mass is 9.98. The lowest BCUT2D eigenvalue weighted by Crippen LogP contribution is -2.44. The molecule has 1 aliphatic heterocycles. The second-order valence-electron chi connectivity index (χ2n) is 7.09. The number of amides is 4. The first-order valence-corrected chi connectivity index (χ1v) is 9.96. The molecule has 1 spiro atoms. The number of anilines is 1.